The Morgan fingerprint density at radius 2 is 0.0588 bits per heavy atom. The van der Waals surface area contributed by atoms with E-state index in [9.17, 15) is 0 Å². The van der Waals surface area contributed by atoms with Gasteiger partial charge in [-0.25, -0.2) is 0 Å². The van der Waals surface area contributed by atoms with Crippen LogP contribution >= 0.6 is 409 Å². The van der Waals surface area contributed by atoms with E-state index in [4.69, 9.17) is 0 Å². The predicted octanol–water partition coefficient (Wildman–Crippen LogP) is 13.3. The van der Waals surface area contributed by atoms with E-state index in [0.717, 1.165) is 0 Å². The van der Waals surface area contributed by atoms with Gasteiger partial charge in [0.1, 0.15) is 0 Å². The van der Waals surface area contributed by atoms with Crippen molar-refractivity contribution in [2.45, 2.75) is 0 Å². The summed E-state index contributed by atoms with van der Waals surface area (Å²) in [5.41, 5.74) is 0. The first kappa shape index (κ1) is 703. The zero-order valence-electron chi connectivity index (χ0n) is 13.5. The van der Waals surface area contributed by atoms with Crippen molar-refractivity contribution in [3.8, 4) is 0 Å². The number of hydrogen-bond donors (Lipinski definition) is 0. The van der Waals surface area contributed by atoms with Crippen molar-refractivity contribution < 1.29 is 0 Å². The SMILES string of the molecule is Cl.Cl.Cl.Cl.Cl.Cl.Cl.Cl.Cl.Cl.Cl.Cl.Cl.Cl.Cl.Cl.Cl.Cl.Cl.Cl.Cl.Cl.Cl.Cl.Cl.Cl.Cl.Cl.Cl.Cl.Cl.Cl.Cl.[KH]. The fourth-order valence-electron chi connectivity index (χ4n) is 0. The van der Waals surface area contributed by atoms with Gasteiger partial charge in [0.05, 0.1) is 0 Å². The average Bonchev–Trinajstić information content (AvgIpc) is 0. The average molecular weight is 1240 g/mol. The van der Waals surface area contributed by atoms with Crippen LogP contribution < -0.4 is 0 Å². The molecule has 0 aliphatic heterocycles. The molecule has 0 rings (SSSR count). The Bertz CT molecular complexity index is 6.51. The Morgan fingerprint density at radius 1 is 0.0588 bits per heavy atom. The summed E-state index contributed by atoms with van der Waals surface area (Å²) >= 11 is 0. The molecule has 0 aromatic carbocycles. The van der Waals surface area contributed by atoms with Crippen molar-refractivity contribution in [1.82, 2.24) is 0 Å². The normalized spacial score (nSPS) is 0. The second-order valence-electron chi connectivity index (χ2n) is 0. The van der Waals surface area contributed by atoms with Gasteiger partial charge in [-0.1, -0.05) is 0 Å². The van der Waals surface area contributed by atoms with Crippen LogP contribution in [0, 0.1) is 0 Å². The van der Waals surface area contributed by atoms with E-state index in [1.807, 2.05) is 0 Å². The molecular formula is H34Cl33K. The first-order valence-electron chi connectivity index (χ1n) is 0. The van der Waals surface area contributed by atoms with Crippen LogP contribution in [0.25, 0.3) is 0 Å². The van der Waals surface area contributed by atoms with Gasteiger partial charge < -0.3 is 0 Å². The van der Waals surface area contributed by atoms with Crippen LogP contribution in [0.3, 0.4) is 0 Å². The van der Waals surface area contributed by atoms with E-state index in [-0.39, 0.29) is 461 Å². The Balaban J connectivity index is 0. The molecule has 34 heavy (non-hydrogen) atoms. The van der Waals surface area contributed by atoms with Crippen molar-refractivity contribution in [2.24, 2.45) is 0 Å². The van der Waals surface area contributed by atoms with E-state index in [1.54, 1.807) is 0 Å². The molecule has 0 nitrogen and oxygen atoms in total. The summed E-state index contributed by atoms with van der Waals surface area (Å²) in [7, 11) is 0. The monoisotopic (exact) mass is 1230 g/mol. The molecule has 0 radical (unpaired) electrons. The molecule has 0 unspecified atom stereocenters. The summed E-state index contributed by atoms with van der Waals surface area (Å²) in [6.45, 7) is 0. The minimum absolute atomic E-state index is 0. The fourth-order valence-corrected chi connectivity index (χ4v) is 0. The molecule has 0 saturated heterocycles. The summed E-state index contributed by atoms with van der Waals surface area (Å²) in [6, 6.07) is 0. The fraction of sp³-hybridized carbons (Fsp3) is 0. The molecule has 0 aliphatic rings. The van der Waals surface area contributed by atoms with E-state index < -0.39 is 0 Å². The Labute approximate surface area is 451 Å². The summed E-state index contributed by atoms with van der Waals surface area (Å²) < 4.78 is 0. The van der Waals surface area contributed by atoms with Crippen LogP contribution in [0.1, 0.15) is 0 Å². The number of halogens is 33. The molecule has 34 heteroatoms. The van der Waals surface area contributed by atoms with Gasteiger partial charge in [0.25, 0.3) is 0 Å². The molecular weight excluding hydrogens is 1210 g/mol. The predicted molar refractivity (Wildman–Crippen MR) is 246 cm³/mol. The van der Waals surface area contributed by atoms with Gasteiger partial charge in [-0.3, -0.25) is 0 Å². The van der Waals surface area contributed by atoms with Crippen LogP contribution in [-0.2, 0) is 0 Å². The molecule has 0 spiro atoms. The molecule has 0 aromatic rings. The molecule has 0 N–H and O–H groups in total. The Hall–Kier alpha value is 11.2. The third kappa shape index (κ3) is 613. The van der Waals surface area contributed by atoms with Gasteiger partial charge in [-0.2, -0.15) is 0 Å². The number of hydrogen-bond acceptors (Lipinski definition) is 0. The standard InChI is InChI=1S/33ClH.K.H/h33*1H;;. The molecule has 0 saturated carbocycles. The zero-order chi connectivity index (χ0) is 0. The molecule has 0 heterocycles. The van der Waals surface area contributed by atoms with Crippen LogP contribution in [0.15, 0.2) is 0 Å². The van der Waals surface area contributed by atoms with Gasteiger partial charge in [-0.05, 0) is 0 Å². The van der Waals surface area contributed by atoms with Gasteiger partial charge in [0.2, 0.25) is 0 Å². The van der Waals surface area contributed by atoms with Gasteiger partial charge in [0, 0.05) is 0 Å². The first-order valence-corrected chi connectivity index (χ1v) is 0. The minimum atomic E-state index is 0. The molecule has 0 atom stereocenters. The Morgan fingerprint density at radius 3 is 0.0588 bits per heavy atom. The van der Waals surface area contributed by atoms with Crippen LogP contribution in [-0.4, -0.2) is 51.4 Å². The molecule has 0 amide bonds. The van der Waals surface area contributed by atoms with Crippen molar-refractivity contribution in [3.05, 3.63) is 0 Å². The molecule has 266 valence electrons. The molecule has 0 fully saturated rings. The summed E-state index contributed by atoms with van der Waals surface area (Å²) in [5, 5.41) is 0. The van der Waals surface area contributed by atoms with Gasteiger partial charge in [-0.15, -0.1) is 409 Å². The van der Waals surface area contributed by atoms with E-state index in [0.29, 0.717) is 0 Å². The van der Waals surface area contributed by atoms with E-state index >= 15 is 0 Å². The van der Waals surface area contributed by atoms with Gasteiger partial charge in [0.15, 0.2) is 0 Å². The second-order valence-corrected chi connectivity index (χ2v) is 0. The van der Waals surface area contributed by atoms with E-state index in [1.165, 1.54) is 0 Å². The quantitative estimate of drug-likeness (QED) is 0.212. The zero-order valence-corrected chi connectivity index (χ0v) is 40.4. The molecule has 0 bridgehead atoms. The van der Waals surface area contributed by atoms with Crippen molar-refractivity contribution in [2.75, 3.05) is 0 Å². The Kier molecular flexibility index (Phi) is 13600. The first-order chi connectivity index (χ1) is 0. The van der Waals surface area contributed by atoms with E-state index in [2.05, 4.69) is 0 Å². The summed E-state index contributed by atoms with van der Waals surface area (Å²) in [5.74, 6) is 0. The number of rotatable bonds is 0. The maximum absolute atomic E-state index is 0. The molecule has 0 aromatic heterocycles. The van der Waals surface area contributed by atoms with Crippen LogP contribution in [0.5, 0.6) is 0 Å². The van der Waals surface area contributed by atoms with Crippen LogP contribution in [0.4, 0.5) is 0 Å². The van der Waals surface area contributed by atoms with Crippen molar-refractivity contribution >= 4 is 461 Å². The van der Waals surface area contributed by atoms with Gasteiger partial charge >= 0.3 is 51.4 Å². The van der Waals surface area contributed by atoms with Crippen molar-refractivity contribution in [3.63, 3.8) is 0 Å². The maximum atomic E-state index is 0. The third-order valence-corrected chi connectivity index (χ3v) is 0. The topological polar surface area (TPSA) is 0 Å². The summed E-state index contributed by atoms with van der Waals surface area (Å²) in [6.07, 6.45) is 0. The summed E-state index contributed by atoms with van der Waals surface area (Å²) in [4.78, 5) is 0. The third-order valence-electron chi connectivity index (χ3n) is 0. The molecule has 0 aliphatic carbocycles. The van der Waals surface area contributed by atoms with Crippen LogP contribution in [0.2, 0.25) is 0 Å². The van der Waals surface area contributed by atoms with Crippen molar-refractivity contribution in [1.29, 1.82) is 0 Å². The second kappa shape index (κ2) is 657.